The fourth-order valence-electron chi connectivity index (χ4n) is 2.51. The molecule has 0 radical (unpaired) electrons. The molecule has 0 saturated heterocycles. The monoisotopic (exact) mass is 318 g/mol. The third-order valence-corrected chi connectivity index (χ3v) is 3.91. The van der Waals surface area contributed by atoms with E-state index in [-0.39, 0.29) is 0 Å². The molecule has 3 nitrogen and oxygen atoms in total. The highest BCUT2D eigenvalue weighted by atomic mass is 35.5. The Bertz CT molecular complexity index is 690. The first kappa shape index (κ1) is 14.2. The molecule has 0 fully saturated rings. The summed E-state index contributed by atoms with van der Waals surface area (Å²) >= 11 is 11.3. The molecule has 1 aliphatic rings. The summed E-state index contributed by atoms with van der Waals surface area (Å²) in [5.74, 6) is 0.865. The molecule has 0 unspecified atom stereocenters. The quantitative estimate of drug-likeness (QED) is 0.852. The van der Waals surface area contributed by atoms with Crippen LogP contribution in [0.25, 0.3) is 0 Å². The topological polar surface area (TPSA) is 38.5 Å². The number of anilines is 2. The molecule has 2 aromatic rings. The highest BCUT2D eigenvalue weighted by Crippen LogP contribution is 2.38. The van der Waals surface area contributed by atoms with Gasteiger partial charge in [-0.3, -0.25) is 0 Å². The van der Waals surface area contributed by atoms with Gasteiger partial charge in [0, 0.05) is 17.1 Å². The molecule has 0 spiro atoms. The fraction of sp³-hybridized carbons (Fsp3) is 0.188. The lowest BCUT2D eigenvalue weighted by molar-refractivity contribution is 0.322. The van der Waals surface area contributed by atoms with E-state index in [1.807, 2.05) is 36.4 Å². The van der Waals surface area contributed by atoms with Crippen LogP contribution in [0.2, 0.25) is 5.02 Å². The van der Waals surface area contributed by atoms with E-state index in [1.54, 1.807) is 6.07 Å². The van der Waals surface area contributed by atoms with Crippen LogP contribution in [-0.2, 0) is 0 Å². The van der Waals surface area contributed by atoms with Crippen molar-refractivity contribution in [1.82, 2.24) is 0 Å². The predicted octanol–water partition coefficient (Wildman–Crippen LogP) is 3.89. The van der Waals surface area contributed by atoms with Crippen LogP contribution in [0.5, 0.6) is 5.75 Å². The number of nitrogens with zero attached hydrogens (tertiary/aromatic N) is 1. The number of hydrogen-bond acceptors (Lipinski definition) is 3. The van der Waals surface area contributed by atoms with E-state index >= 15 is 0 Å². The fourth-order valence-corrected chi connectivity index (χ4v) is 2.85. The molecule has 0 atom stereocenters. The van der Waals surface area contributed by atoms with Gasteiger partial charge in [0.05, 0.1) is 18.0 Å². The van der Waals surface area contributed by atoms with Gasteiger partial charge in [0.2, 0.25) is 0 Å². The van der Waals surface area contributed by atoms with Crippen LogP contribution in [0.4, 0.5) is 11.4 Å². The Kier molecular flexibility index (Phi) is 3.99. The summed E-state index contributed by atoms with van der Waals surface area (Å²) in [6.07, 6.45) is 0.915. The Morgan fingerprint density at radius 2 is 2.00 bits per heavy atom. The minimum atomic E-state index is 0.365. The van der Waals surface area contributed by atoms with Crippen molar-refractivity contribution in [2.75, 3.05) is 18.1 Å². The molecule has 5 heteroatoms. The van der Waals surface area contributed by atoms with E-state index in [2.05, 4.69) is 4.90 Å². The normalized spacial score (nSPS) is 14.0. The largest absolute Gasteiger partial charge is 0.491 e. The zero-order valence-corrected chi connectivity index (χ0v) is 13.0. The number of para-hydroxylation sites is 2. The van der Waals surface area contributed by atoms with E-state index < -0.39 is 0 Å². The van der Waals surface area contributed by atoms with Crippen LogP contribution in [0.3, 0.4) is 0 Å². The van der Waals surface area contributed by atoms with E-state index in [1.165, 1.54) is 0 Å². The third kappa shape index (κ3) is 2.82. The Balaban J connectivity index is 2.16. The molecule has 2 N–H and O–H groups in total. The summed E-state index contributed by atoms with van der Waals surface area (Å²) < 4.78 is 5.79. The molecule has 21 heavy (non-hydrogen) atoms. The van der Waals surface area contributed by atoms with Crippen LogP contribution in [-0.4, -0.2) is 18.1 Å². The van der Waals surface area contributed by atoms with Crippen LogP contribution in [0.1, 0.15) is 12.0 Å². The van der Waals surface area contributed by atoms with Gasteiger partial charge < -0.3 is 15.4 Å². The predicted molar refractivity (Wildman–Crippen MR) is 90.9 cm³/mol. The Hall–Kier alpha value is -1.78. The molecule has 1 aliphatic heterocycles. The lowest BCUT2D eigenvalue weighted by atomic mass is 10.1. The molecule has 2 aromatic carbocycles. The van der Waals surface area contributed by atoms with Crippen LogP contribution < -0.4 is 15.4 Å². The van der Waals surface area contributed by atoms with Gasteiger partial charge in [-0.25, -0.2) is 0 Å². The molecule has 0 bridgehead atoms. The van der Waals surface area contributed by atoms with Gasteiger partial charge in [-0.2, -0.15) is 0 Å². The number of nitrogens with two attached hydrogens (primary N) is 1. The standard InChI is InChI=1S/C16H15ClN2OS/c17-11-6-7-12(16(18)21)14(10-11)19-8-3-9-20-15-5-2-1-4-13(15)19/h1-2,4-7,10H,3,8-9H2,(H2,18,21). The van der Waals surface area contributed by atoms with Crippen molar-refractivity contribution in [2.24, 2.45) is 5.73 Å². The highest BCUT2D eigenvalue weighted by Gasteiger charge is 2.20. The van der Waals surface area contributed by atoms with Crippen LogP contribution in [0, 0.1) is 0 Å². The van der Waals surface area contributed by atoms with Gasteiger partial charge in [-0.15, -0.1) is 0 Å². The maximum atomic E-state index is 6.17. The molecular formula is C16H15ClN2OS. The summed E-state index contributed by atoms with van der Waals surface area (Å²) in [6, 6.07) is 13.5. The minimum absolute atomic E-state index is 0.365. The Morgan fingerprint density at radius 3 is 2.81 bits per heavy atom. The molecular weight excluding hydrogens is 304 g/mol. The third-order valence-electron chi connectivity index (χ3n) is 3.46. The molecule has 0 amide bonds. The van der Waals surface area contributed by atoms with Crippen LogP contribution >= 0.6 is 23.8 Å². The van der Waals surface area contributed by atoms with Crippen molar-refractivity contribution in [2.45, 2.75) is 6.42 Å². The second kappa shape index (κ2) is 5.92. The van der Waals surface area contributed by atoms with E-state index in [9.17, 15) is 0 Å². The number of rotatable bonds is 2. The molecule has 3 rings (SSSR count). The highest BCUT2D eigenvalue weighted by molar-refractivity contribution is 7.80. The van der Waals surface area contributed by atoms with Crippen molar-refractivity contribution < 1.29 is 4.74 Å². The van der Waals surface area contributed by atoms with Gasteiger partial charge >= 0.3 is 0 Å². The molecule has 0 aliphatic carbocycles. The number of hydrogen-bond donors (Lipinski definition) is 1. The zero-order valence-electron chi connectivity index (χ0n) is 11.4. The average molecular weight is 319 g/mol. The minimum Gasteiger partial charge on any atom is -0.491 e. The Labute approximate surface area is 134 Å². The van der Waals surface area contributed by atoms with Gasteiger partial charge in [-0.05, 0) is 36.8 Å². The second-order valence-corrected chi connectivity index (χ2v) is 5.72. The van der Waals surface area contributed by atoms with E-state index in [0.29, 0.717) is 16.6 Å². The van der Waals surface area contributed by atoms with E-state index in [0.717, 1.165) is 35.7 Å². The second-order valence-electron chi connectivity index (χ2n) is 4.85. The van der Waals surface area contributed by atoms with Crippen molar-refractivity contribution in [3.63, 3.8) is 0 Å². The first-order chi connectivity index (χ1) is 10.2. The molecule has 0 saturated carbocycles. The summed E-state index contributed by atoms with van der Waals surface area (Å²) in [4.78, 5) is 2.53. The summed E-state index contributed by atoms with van der Waals surface area (Å²) in [5, 5.41) is 0.660. The number of halogens is 1. The lowest BCUT2D eigenvalue weighted by Gasteiger charge is -2.26. The Morgan fingerprint density at radius 1 is 1.19 bits per heavy atom. The maximum absolute atomic E-state index is 6.17. The van der Waals surface area contributed by atoms with Crippen molar-refractivity contribution >= 4 is 40.2 Å². The van der Waals surface area contributed by atoms with Crippen LogP contribution in [0.15, 0.2) is 42.5 Å². The number of ether oxygens (including phenoxy) is 1. The van der Waals surface area contributed by atoms with E-state index in [4.69, 9.17) is 34.3 Å². The number of benzene rings is 2. The maximum Gasteiger partial charge on any atom is 0.142 e. The first-order valence-corrected chi connectivity index (χ1v) is 7.54. The van der Waals surface area contributed by atoms with Gasteiger partial charge in [0.1, 0.15) is 10.7 Å². The zero-order chi connectivity index (χ0) is 14.8. The molecule has 0 aromatic heterocycles. The summed E-state index contributed by atoms with van der Waals surface area (Å²) in [5.41, 5.74) is 8.62. The number of thiocarbonyl (C=S) groups is 1. The molecule has 1 heterocycles. The number of fused-ring (bicyclic) bond motifs is 1. The first-order valence-electron chi connectivity index (χ1n) is 6.75. The smallest absolute Gasteiger partial charge is 0.142 e. The lowest BCUT2D eigenvalue weighted by Crippen LogP contribution is -2.22. The van der Waals surface area contributed by atoms with Gasteiger partial charge in [-0.1, -0.05) is 36.0 Å². The summed E-state index contributed by atoms with van der Waals surface area (Å²) in [6.45, 7) is 1.52. The van der Waals surface area contributed by atoms with Gasteiger partial charge in [0.15, 0.2) is 0 Å². The van der Waals surface area contributed by atoms with Crippen molar-refractivity contribution in [3.05, 3.63) is 53.1 Å². The van der Waals surface area contributed by atoms with Crippen molar-refractivity contribution in [3.8, 4) is 5.75 Å². The molecule has 108 valence electrons. The van der Waals surface area contributed by atoms with Crippen molar-refractivity contribution in [1.29, 1.82) is 0 Å². The summed E-state index contributed by atoms with van der Waals surface area (Å²) in [7, 11) is 0. The van der Waals surface area contributed by atoms with Gasteiger partial charge in [0.25, 0.3) is 0 Å². The SMILES string of the molecule is NC(=S)c1ccc(Cl)cc1N1CCCOc2ccccc21. The average Bonchev–Trinajstić information content (AvgIpc) is 2.69.